The lowest BCUT2D eigenvalue weighted by Crippen LogP contribution is -2.51. The minimum atomic E-state index is -0.914. The summed E-state index contributed by atoms with van der Waals surface area (Å²) in [6, 6.07) is 0. The molecule has 0 aromatic rings. The number of rotatable bonds is 6. The summed E-state index contributed by atoms with van der Waals surface area (Å²) in [5.41, 5.74) is -0.595. The summed E-state index contributed by atoms with van der Waals surface area (Å²) in [7, 11) is 0. The van der Waals surface area contributed by atoms with Gasteiger partial charge in [-0.25, -0.2) is 0 Å². The Morgan fingerprint density at radius 1 is 1.31 bits per heavy atom. The van der Waals surface area contributed by atoms with Crippen LogP contribution in [0.5, 0.6) is 0 Å². The number of aliphatic hydroxyl groups is 1. The van der Waals surface area contributed by atoms with Gasteiger partial charge in [0, 0.05) is 0 Å². The van der Waals surface area contributed by atoms with E-state index >= 15 is 0 Å². The summed E-state index contributed by atoms with van der Waals surface area (Å²) in [6.45, 7) is 3.67. The van der Waals surface area contributed by atoms with Gasteiger partial charge in [-0.2, -0.15) is 0 Å². The maximum atomic E-state index is 11.7. The molecule has 1 rings (SSSR count). The van der Waals surface area contributed by atoms with Crippen LogP contribution in [0.25, 0.3) is 0 Å². The number of carbonyl (C=O) groups excluding carboxylic acids is 1. The second kappa shape index (κ2) is 4.82. The molecular formula is C11H19NO4. The molecule has 16 heavy (non-hydrogen) atoms. The van der Waals surface area contributed by atoms with Crippen molar-refractivity contribution in [3.05, 3.63) is 0 Å². The van der Waals surface area contributed by atoms with Crippen molar-refractivity contribution in [1.29, 1.82) is 0 Å². The standard InChI is InChI=1S/C11H19NO4/c1-3-11(4-2,6-13)12-9(14)7-5-8(7)10(15)16/h7-8,13H,3-6H2,1-2H3,(H,12,14)(H,15,16)/t7-,8+/m1/s1. The lowest BCUT2D eigenvalue weighted by molar-refractivity contribution is -0.140. The summed E-state index contributed by atoms with van der Waals surface area (Å²) in [5.74, 6) is -2.11. The van der Waals surface area contributed by atoms with Crippen molar-refractivity contribution in [2.45, 2.75) is 38.6 Å². The fraction of sp³-hybridized carbons (Fsp3) is 0.818. The van der Waals surface area contributed by atoms with E-state index in [1.54, 1.807) is 0 Å². The molecule has 1 amide bonds. The largest absolute Gasteiger partial charge is 0.481 e. The highest BCUT2D eigenvalue weighted by molar-refractivity contribution is 5.89. The molecule has 0 saturated heterocycles. The highest BCUT2D eigenvalue weighted by Gasteiger charge is 2.49. The molecule has 92 valence electrons. The first kappa shape index (κ1) is 13.0. The highest BCUT2D eigenvalue weighted by Crippen LogP contribution is 2.39. The molecule has 0 aromatic carbocycles. The number of nitrogens with one attached hydrogen (secondary N) is 1. The quantitative estimate of drug-likeness (QED) is 0.614. The van der Waals surface area contributed by atoms with Crippen molar-refractivity contribution in [3.8, 4) is 0 Å². The predicted molar refractivity (Wildman–Crippen MR) is 57.8 cm³/mol. The first-order chi connectivity index (χ1) is 7.49. The smallest absolute Gasteiger partial charge is 0.307 e. The van der Waals surface area contributed by atoms with Crippen molar-refractivity contribution < 1.29 is 19.8 Å². The molecule has 2 atom stereocenters. The van der Waals surface area contributed by atoms with Crippen molar-refractivity contribution in [3.63, 3.8) is 0 Å². The predicted octanol–water partition coefficient (Wildman–Crippen LogP) is 0.374. The fourth-order valence-corrected chi connectivity index (χ4v) is 1.80. The molecule has 0 spiro atoms. The molecule has 0 heterocycles. The Kier molecular flexibility index (Phi) is 3.91. The third-order valence-corrected chi connectivity index (χ3v) is 3.49. The second-order valence-corrected chi connectivity index (χ2v) is 4.42. The van der Waals surface area contributed by atoms with E-state index in [4.69, 9.17) is 5.11 Å². The average molecular weight is 229 g/mol. The molecule has 0 aliphatic heterocycles. The summed E-state index contributed by atoms with van der Waals surface area (Å²) in [6.07, 6.45) is 1.68. The van der Waals surface area contributed by atoms with Crippen molar-refractivity contribution in [1.82, 2.24) is 5.32 Å². The summed E-state index contributed by atoms with van der Waals surface area (Å²) >= 11 is 0. The van der Waals surface area contributed by atoms with E-state index in [0.29, 0.717) is 19.3 Å². The molecule has 1 aliphatic rings. The van der Waals surface area contributed by atoms with Gasteiger partial charge in [-0.05, 0) is 19.3 Å². The van der Waals surface area contributed by atoms with Gasteiger partial charge >= 0.3 is 5.97 Å². The van der Waals surface area contributed by atoms with Gasteiger partial charge in [0.25, 0.3) is 0 Å². The summed E-state index contributed by atoms with van der Waals surface area (Å²) in [4.78, 5) is 22.3. The molecule has 5 heteroatoms. The zero-order valence-electron chi connectivity index (χ0n) is 9.69. The summed E-state index contributed by atoms with van der Waals surface area (Å²) in [5, 5.41) is 20.8. The number of carbonyl (C=O) groups is 2. The number of aliphatic hydroxyl groups excluding tert-OH is 1. The fourth-order valence-electron chi connectivity index (χ4n) is 1.80. The zero-order chi connectivity index (χ0) is 12.3. The minimum absolute atomic E-state index is 0.115. The third-order valence-electron chi connectivity index (χ3n) is 3.49. The molecule has 0 radical (unpaired) electrons. The van der Waals surface area contributed by atoms with Gasteiger partial charge in [-0.3, -0.25) is 9.59 Å². The Balaban J connectivity index is 2.54. The number of hydrogen-bond acceptors (Lipinski definition) is 3. The van der Waals surface area contributed by atoms with Gasteiger partial charge in [0.2, 0.25) is 5.91 Å². The Hall–Kier alpha value is -1.10. The van der Waals surface area contributed by atoms with E-state index in [1.165, 1.54) is 0 Å². The van der Waals surface area contributed by atoms with Gasteiger partial charge in [0.05, 0.1) is 24.0 Å². The molecule has 5 nitrogen and oxygen atoms in total. The lowest BCUT2D eigenvalue weighted by Gasteiger charge is -2.30. The van der Waals surface area contributed by atoms with E-state index in [0.717, 1.165) is 0 Å². The Morgan fingerprint density at radius 2 is 1.88 bits per heavy atom. The van der Waals surface area contributed by atoms with Crippen LogP contribution in [0.15, 0.2) is 0 Å². The Morgan fingerprint density at radius 3 is 2.19 bits per heavy atom. The molecule has 3 N–H and O–H groups in total. The molecular weight excluding hydrogens is 210 g/mol. The van der Waals surface area contributed by atoms with Gasteiger partial charge in [-0.15, -0.1) is 0 Å². The maximum absolute atomic E-state index is 11.7. The average Bonchev–Trinajstić information content (AvgIpc) is 3.06. The molecule has 1 saturated carbocycles. The van der Waals surface area contributed by atoms with Gasteiger partial charge < -0.3 is 15.5 Å². The van der Waals surface area contributed by atoms with E-state index < -0.39 is 23.3 Å². The van der Waals surface area contributed by atoms with E-state index in [2.05, 4.69) is 5.32 Å². The molecule has 0 unspecified atom stereocenters. The minimum Gasteiger partial charge on any atom is -0.481 e. The van der Waals surface area contributed by atoms with Crippen LogP contribution < -0.4 is 5.32 Å². The van der Waals surface area contributed by atoms with Crippen LogP contribution in [0, 0.1) is 11.8 Å². The van der Waals surface area contributed by atoms with Crippen LogP contribution in [-0.4, -0.2) is 34.2 Å². The first-order valence-electron chi connectivity index (χ1n) is 5.65. The zero-order valence-corrected chi connectivity index (χ0v) is 9.69. The third kappa shape index (κ3) is 2.52. The van der Waals surface area contributed by atoms with Gasteiger partial charge in [0.15, 0.2) is 0 Å². The monoisotopic (exact) mass is 229 g/mol. The van der Waals surface area contributed by atoms with Crippen molar-refractivity contribution >= 4 is 11.9 Å². The van der Waals surface area contributed by atoms with Crippen LogP contribution in [0.2, 0.25) is 0 Å². The molecule has 1 fully saturated rings. The van der Waals surface area contributed by atoms with Gasteiger partial charge in [-0.1, -0.05) is 13.8 Å². The van der Waals surface area contributed by atoms with Crippen molar-refractivity contribution in [2.24, 2.45) is 11.8 Å². The van der Waals surface area contributed by atoms with E-state index in [-0.39, 0.29) is 12.5 Å². The van der Waals surface area contributed by atoms with Crippen LogP contribution in [0.1, 0.15) is 33.1 Å². The number of aliphatic carboxylic acids is 1. The van der Waals surface area contributed by atoms with Gasteiger partial charge in [0.1, 0.15) is 0 Å². The maximum Gasteiger partial charge on any atom is 0.307 e. The molecule has 0 bridgehead atoms. The van der Waals surface area contributed by atoms with Crippen LogP contribution in [0.4, 0.5) is 0 Å². The SMILES string of the molecule is CCC(CC)(CO)NC(=O)[C@@H]1C[C@@H]1C(=O)O. The van der Waals surface area contributed by atoms with Crippen molar-refractivity contribution in [2.75, 3.05) is 6.61 Å². The molecule has 0 aromatic heterocycles. The number of carboxylic acid groups (broad SMARTS) is 1. The topological polar surface area (TPSA) is 86.6 Å². The Labute approximate surface area is 94.8 Å². The van der Waals surface area contributed by atoms with E-state index in [9.17, 15) is 14.7 Å². The molecule has 1 aliphatic carbocycles. The lowest BCUT2D eigenvalue weighted by atomic mass is 9.93. The number of amides is 1. The van der Waals surface area contributed by atoms with Crippen LogP contribution in [-0.2, 0) is 9.59 Å². The summed E-state index contributed by atoms with van der Waals surface area (Å²) < 4.78 is 0. The van der Waals surface area contributed by atoms with Crippen LogP contribution >= 0.6 is 0 Å². The second-order valence-electron chi connectivity index (χ2n) is 4.42. The Bertz CT molecular complexity index is 277. The van der Waals surface area contributed by atoms with Crippen LogP contribution in [0.3, 0.4) is 0 Å². The number of carboxylic acids is 1. The van der Waals surface area contributed by atoms with E-state index in [1.807, 2.05) is 13.8 Å². The first-order valence-corrected chi connectivity index (χ1v) is 5.65. The normalized spacial score (nSPS) is 23.9. The highest BCUT2D eigenvalue weighted by atomic mass is 16.4. The number of hydrogen-bond donors (Lipinski definition) is 3.